The summed E-state index contributed by atoms with van der Waals surface area (Å²) in [7, 11) is 3.13. The summed E-state index contributed by atoms with van der Waals surface area (Å²) in [6.45, 7) is 0.268. The third kappa shape index (κ3) is 4.15. The second-order valence-corrected chi connectivity index (χ2v) is 5.48. The van der Waals surface area contributed by atoms with Gasteiger partial charge in [-0.15, -0.1) is 0 Å². The van der Waals surface area contributed by atoms with Gasteiger partial charge in [0.05, 0.1) is 27.2 Å². The number of H-pyrrole nitrogens is 1. The molecule has 1 aromatic carbocycles. The van der Waals surface area contributed by atoms with Crippen molar-refractivity contribution in [3.63, 3.8) is 0 Å². The first-order chi connectivity index (χ1) is 12.7. The highest BCUT2D eigenvalue weighted by molar-refractivity contribution is 5.78. The molecular weight excluding hydrogens is 334 g/mol. The van der Waals surface area contributed by atoms with Crippen LogP contribution in [-0.2, 0) is 17.8 Å². The summed E-state index contributed by atoms with van der Waals surface area (Å²) in [6.07, 6.45) is 3.58. The predicted octanol–water partition coefficient (Wildman–Crippen LogP) is 1.74. The molecule has 26 heavy (non-hydrogen) atoms. The molecule has 2 aromatic heterocycles. The minimum atomic E-state index is -0.126. The molecule has 0 aliphatic rings. The zero-order chi connectivity index (χ0) is 18.4. The van der Waals surface area contributed by atoms with Crippen LogP contribution in [0.25, 0.3) is 11.4 Å². The van der Waals surface area contributed by atoms with Gasteiger partial charge in [0.25, 0.3) is 0 Å². The van der Waals surface area contributed by atoms with Crippen molar-refractivity contribution in [1.82, 2.24) is 25.5 Å². The number of hydrogen-bond donors (Lipinski definition) is 2. The fourth-order valence-electron chi connectivity index (χ4n) is 2.43. The van der Waals surface area contributed by atoms with E-state index in [2.05, 4.69) is 25.5 Å². The van der Waals surface area contributed by atoms with Gasteiger partial charge in [0, 0.05) is 18.0 Å². The Kier molecular flexibility index (Phi) is 5.43. The number of methoxy groups -OCH3 is 2. The number of carbonyl (C=O) groups excluding carboxylic acids is 1. The lowest BCUT2D eigenvalue weighted by Gasteiger charge is -2.09. The van der Waals surface area contributed by atoms with Crippen molar-refractivity contribution in [2.45, 2.75) is 13.0 Å². The standard InChI is InChI=1S/C18H19N5O3/c1-25-14-4-3-12(9-15(14)26-2)10-17(24)20-11-16-21-18(23-22-16)13-5-7-19-8-6-13/h3-9H,10-11H2,1-2H3,(H,20,24)(H,21,22,23). The van der Waals surface area contributed by atoms with Gasteiger partial charge in [-0.3, -0.25) is 14.9 Å². The molecule has 8 nitrogen and oxygen atoms in total. The number of amides is 1. The third-order valence-corrected chi connectivity index (χ3v) is 3.74. The SMILES string of the molecule is COc1ccc(CC(=O)NCc2nc(-c3ccncc3)n[nH]2)cc1OC. The molecule has 0 aliphatic carbocycles. The fraction of sp³-hybridized carbons (Fsp3) is 0.222. The van der Waals surface area contributed by atoms with E-state index >= 15 is 0 Å². The number of aromatic nitrogens is 4. The molecule has 2 N–H and O–H groups in total. The van der Waals surface area contributed by atoms with Crippen LogP contribution < -0.4 is 14.8 Å². The number of nitrogens with zero attached hydrogens (tertiary/aromatic N) is 3. The van der Waals surface area contributed by atoms with Crippen LogP contribution in [0.5, 0.6) is 11.5 Å². The minimum Gasteiger partial charge on any atom is -0.493 e. The summed E-state index contributed by atoms with van der Waals surface area (Å²) in [5.41, 5.74) is 1.69. The van der Waals surface area contributed by atoms with Crippen LogP contribution in [0, 0.1) is 0 Å². The average Bonchev–Trinajstić information content (AvgIpc) is 3.16. The highest BCUT2D eigenvalue weighted by Gasteiger charge is 2.10. The first-order valence-electron chi connectivity index (χ1n) is 7.99. The Bertz CT molecular complexity index is 880. The summed E-state index contributed by atoms with van der Waals surface area (Å²) >= 11 is 0. The van der Waals surface area contributed by atoms with Crippen molar-refractivity contribution in [2.75, 3.05) is 14.2 Å². The molecular formula is C18H19N5O3. The van der Waals surface area contributed by atoms with Gasteiger partial charge in [-0.1, -0.05) is 6.07 Å². The molecule has 3 aromatic rings. The zero-order valence-corrected chi connectivity index (χ0v) is 14.5. The number of nitrogens with one attached hydrogen (secondary N) is 2. The second-order valence-electron chi connectivity index (χ2n) is 5.48. The number of carbonyl (C=O) groups is 1. The lowest BCUT2D eigenvalue weighted by molar-refractivity contribution is -0.120. The van der Waals surface area contributed by atoms with Crippen molar-refractivity contribution in [3.05, 3.63) is 54.1 Å². The van der Waals surface area contributed by atoms with Gasteiger partial charge in [-0.2, -0.15) is 5.10 Å². The molecule has 0 atom stereocenters. The summed E-state index contributed by atoms with van der Waals surface area (Å²) in [5.74, 6) is 2.24. The van der Waals surface area contributed by atoms with Gasteiger partial charge in [-0.25, -0.2) is 4.98 Å². The molecule has 134 valence electrons. The van der Waals surface area contributed by atoms with Gasteiger partial charge in [0.15, 0.2) is 17.3 Å². The van der Waals surface area contributed by atoms with Crippen LogP contribution in [0.4, 0.5) is 0 Å². The van der Waals surface area contributed by atoms with Crippen LogP contribution >= 0.6 is 0 Å². The molecule has 0 bridgehead atoms. The third-order valence-electron chi connectivity index (χ3n) is 3.74. The van der Waals surface area contributed by atoms with E-state index in [1.807, 2.05) is 18.2 Å². The predicted molar refractivity (Wildman–Crippen MR) is 94.7 cm³/mol. The Balaban J connectivity index is 1.57. The van der Waals surface area contributed by atoms with Crippen LogP contribution in [-0.4, -0.2) is 40.3 Å². The number of ether oxygens (including phenoxy) is 2. The molecule has 0 fully saturated rings. The lowest BCUT2D eigenvalue weighted by Crippen LogP contribution is -2.25. The molecule has 0 spiro atoms. The van der Waals surface area contributed by atoms with Gasteiger partial charge >= 0.3 is 0 Å². The van der Waals surface area contributed by atoms with E-state index in [9.17, 15) is 4.79 Å². The topological polar surface area (TPSA) is 102 Å². The van der Waals surface area contributed by atoms with E-state index in [4.69, 9.17) is 9.47 Å². The van der Waals surface area contributed by atoms with E-state index in [-0.39, 0.29) is 18.9 Å². The molecule has 8 heteroatoms. The molecule has 0 aliphatic heterocycles. The number of hydrogen-bond acceptors (Lipinski definition) is 6. The van der Waals surface area contributed by atoms with E-state index < -0.39 is 0 Å². The van der Waals surface area contributed by atoms with E-state index in [0.717, 1.165) is 11.1 Å². The smallest absolute Gasteiger partial charge is 0.224 e. The molecule has 0 unspecified atom stereocenters. The first-order valence-corrected chi connectivity index (χ1v) is 7.99. The van der Waals surface area contributed by atoms with Crippen molar-refractivity contribution < 1.29 is 14.3 Å². The number of aromatic amines is 1. The lowest BCUT2D eigenvalue weighted by atomic mass is 10.1. The monoisotopic (exact) mass is 353 g/mol. The second kappa shape index (κ2) is 8.11. The van der Waals surface area contributed by atoms with Crippen LogP contribution in [0.2, 0.25) is 0 Å². The zero-order valence-electron chi connectivity index (χ0n) is 14.5. The van der Waals surface area contributed by atoms with E-state index in [0.29, 0.717) is 23.1 Å². The normalized spacial score (nSPS) is 10.4. The molecule has 0 radical (unpaired) electrons. The van der Waals surface area contributed by atoms with Crippen molar-refractivity contribution in [3.8, 4) is 22.9 Å². The Morgan fingerprint density at radius 1 is 1.12 bits per heavy atom. The van der Waals surface area contributed by atoms with Crippen LogP contribution in [0.15, 0.2) is 42.7 Å². The van der Waals surface area contributed by atoms with Crippen LogP contribution in [0.1, 0.15) is 11.4 Å². The highest BCUT2D eigenvalue weighted by Crippen LogP contribution is 2.27. The molecule has 2 heterocycles. The van der Waals surface area contributed by atoms with Gasteiger partial charge in [0.2, 0.25) is 5.91 Å². The molecule has 0 saturated carbocycles. The molecule has 1 amide bonds. The van der Waals surface area contributed by atoms with Gasteiger partial charge in [0.1, 0.15) is 5.82 Å². The first kappa shape index (κ1) is 17.4. The number of pyridine rings is 1. The maximum Gasteiger partial charge on any atom is 0.224 e. The van der Waals surface area contributed by atoms with E-state index in [1.54, 1.807) is 38.7 Å². The molecule has 0 saturated heterocycles. The van der Waals surface area contributed by atoms with E-state index in [1.165, 1.54) is 0 Å². The van der Waals surface area contributed by atoms with Crippen molar-refractivity contribution in [1.29, 1.82) is 0 Å². The summed E-state index contributed by atoms with van der Waals surface area (Å²) < 4.78 is 10.4. The van der Waals surface area contributed by atoms with Crippen molar-refractivity contribution >= 4 is 5.91 Å². The Hall–Kier alpha value is -3.42. The number of rotatable bonds is 7. The van der Waals surface area contributed by atoms with Gasteiger partial charge in [-0.05, 0) is 29.8 Å². The van der Waals surface area contributed by atoms with Gasteiger partial charge < -0.3 is 14.8 Å². The minimum absolute atomic E-state index is 0.126. The Morgan fingerprint density at radius 2 is 1.88 bits per heavy atom. The Labute approximate surface area is 150 Å². The summed E-state index contributed by atoms with van der Waals surface area (Å²) in [4.78, 5) is 20.5. The van der Waals surface area contributed by atoms with Crippen molar-refractivity contribution in [2.24, 2.45) is 0 Å². The maximum absolute atomic E-state index is 12.2. The maximum atomic E-state index is 12.2. The quantitative estimate of drug-likeness (QED) is 0.671. The summed E-state index contributed by atoms with van der Waals surface area (Å²) in [5, 5.41) is 9.79. The summed E-state index contributed by atoms with van der Waals surface area (Å²) in [6, 6.07) is 9.04. The fourth-order valence-corrected chi connectivity index (χ4v) is 2.43. The largest absolute Gasteiger partial charge is 0.493 e. The van der Waals surface area contributed by atoms with Crippen LogP contribution in [0.3, 0.4) is 0 Å². The molecule has 3 rings (SSSR count). The number of benzene rings is 1. The highest BCUT2D eigenvalue weighted by atomic mass is 16.5. The Morgan fingerprint density at radius 3 is 2.62 bits per heavy atom. The average molecular weight is 353 g/mol.